The summed E-state index contributed by atoms with van der Waals surface area (Å²) in [6.45, 7) is 6.23. The molecule has 0 aliphatic rings. The van der Waals surface area contributed by atoms with Crippen LogP contribution in [0.4, 0.5) is 15.8 Å². The number of rotatable bonds is 6. The van der Waals surface area contributed by atoms with Crippen molar-refractivity contribution in [3.05, 3.63) is 32.5 Å². The molecule has 112 valence electrons. The molecule has 0 saturated carbocycles. The molecule has 0 aliphatic carbocycles. The van der Waals surface area contributed by atoms with Crippen molar-refractivity contribution in [2.24, 2.45) is 11.7 Å². The molecule has 0 heterocycles. The van der Waals surface area contributed by atoms with Crippen molar-refractivity contribution in [3.8, 4) is 0 Å². The molecule has 20 heavy (non-hydrogen) atoms. The lowest BCUT2D eigenvalue weighted by Crippen LogP contribution is -2.43. The minimum atomic E-state index is -0.554. The highest BCUT2D eigenvalue weighted by atomic mass is 79.9. The van der Waals surface area contributed by atoms with Gasteiger partial charge in [0.15, 0.2) is 0 Å². The molecule has 0 aliphatic heterocycles. The molecule has 0 fully saturated rings. The number of nitrogens with one attached hydrogen (secondary N) is 1. The first kappa shape index (κ1) is 16.8. The van der Waals surface area contributed by atoms with Gasteiger partial charge in [-0.15, -0.1) is 0 Å². The minimum Gasteiger partial charge on any atom is -0.373 e. The number of halogens is 2. The Bertz CT molecular complexity index is 511. The number of hydrogen-bond donors (Lipinski definition) is 2. The Hall–Kier alpha value is -1.21. The Morgan fingerprint density at radius 3 is 2.60 bits per heavy atom. The summed E-state index contributed by atoms with van der Waals surface area (Å²) in [4.78, 5) is 10.5. The topological polar surface area (TPSA) is 81.2 Å². The minimum absolute atomic E-state index is 0.0630. The summed E-state index contributed by atoms with van der Waals surface area (Å²) in [5, 5.41) is 14.1. The Morgan fingerprint density at radius 1 is 1.55 bits per heavy atom. The van der Waals surface area contributed by atoms with Crippen molar-refractivity contribution < 1.29 is 9.31 Å². The molecule has 0 radical (unpaired) electrons. The van der Waals surface area contributed by atoms with E-state index in [0.29, 0.717) is 12.5 Å². The van der Waals surface area contributed by atoms with Gasteiger partial charge in [-0.3, -0.25) is 10.1 Å². The maximum Gasteiger partial charge on any atom is 0.293 e. The Labute approximate surface area is 126 Å². The van der Waals surface area contributed by atoms with Crippen molar-refractivity contribution in [2.75, 3.05) is 11.9 Å². The fraction of sp³-hybridized carbons (Fsp3) is 0.538. The summed E-state index contributed by atoms with van der Waals surface area (Å²) in [5.41, 5.74) is 5.20. The predicted octanol–water partition coefficient (Wildman–Crippen LogP) is 3.67. The van der Waals surface area contributed by atoms with Crippen LogP contribution in [0.3, 0.4) is 0 Å². The quantitative estimate of drug-likeness (QED) is 0.607. The Balaban J connectivity index is 3.18. The molecule has 1 atom stereocenters. The van der Waals surface area contributed by atoms with E-state index in [1.54, 1.807) is 0 Å². The second kappa shape index (κ2) is 6.49. The molecule has 1 rings (SSSR count). The highest BCUT2D eigenvalue weighted by Gasteiger charge is 2.27. The highest BCUT2D eigenvalue weighted by molar-refractivity contribution is 9.10. The van der Waals surface area contributed by atoms with Crippen LogP contribution in [0.1, 0.15) is 27.2 Å². The summed E-state index contributed by atoms with van der Waals surface area (Å²) in [6, 6.07) is 2.28. The molecule has 0 amide bonds. The SMILES string of the molecule is CC(C)CC(C)(CN)Nc1cc(F)c(Br)cc1[N+](=O)[O-]. The molecule has 7 heteroatoms. The van der Waals surface area contributed by atoms with Gasteiger partial charge in [-0.2, -0.15) is 0 Å². The van der Waals surface area contributed by atoms with E-state index in [9.17, 15) is 14.5 Å². The normalized spacial score (nSPS) is 14.2. The van der Waals surface area contributed by atoms with Gasteiger partial charge in [-0.25, -0.2) is 4.39 Å². The number of benzene rings is 1. The van der Waals surface area contributed by atoms with Crippen LogP contribution in [0.15, 0.2) is 16.6 Å². The summed E-state index contributed by atoms with van der Waals surface area (Å²) < 4.78 is 13.7. The van der Waals surface area contributed by atoms with Gasteiger partial charge in [0.1, 0.15) is 11.5 Å². The van der Waals surface area contributed by atoms with Gasteiger partial charge in [0, 0.05) is 24.2 Å². The molecular weight excluding hydrogens is 329 g/mol. The maximum absolute atomic E-state index is 13.6. The van der Waals surface area contributed by atoms with Gasteiger partial charge in [-0.1, -0.05) is 13.8 Å². The average Bonchev–Trinajstić information content (AvgIpc) is 2.32. The molecule has 0 saturated heterocycles. The molecule has 3 N–H and O–H groups in total. The first-order valence-electron chi connectivity index (χ1n) is 6.30. The van der Waals surface area contributed by atoms with Crippen molar-refractivity contribution in [1.29, 1.82) is 0 Å². The first-order chi connectivity index (χ1) is 9.18. The van der Waals surface area contributed by atoms with E-state index >= 15 is 0 Å². The zero-order chi connectivity index (χ0) is 15.5. The lowest BCUT2D eigenvalue weighted by atomic mass is 9.90. The molecule has 1 aromatic rings. The lowest BCUT2D eigenvalue weighted by Gasteiger charge is -2.32. The molecule has 0 spiro atoms. The monoisotopic (exact) mass is 347 g/mol. The maximum atomic E-state index is 13.6. The van der Waals surface area contributed by atoms with Crippen LogP contribution < -0.4 is 11.1 Å². The van der Waals surface area contributed by atoms with Crippen molar-refractivity contribution >= 4 is 27.3 Å². The Morgan fingerprint density at radius 2 is 2.15 bits per heavy atom. The molecule has 1 unspecified atom stereocenters. The summed E-state index contributed by atoms with van der Waals surface area (Å²) in [6.07, 6.45) is 0.721. The molecule has 0 aromatic heterocycles. The third-order valence-corrected chi connectivity index (χ3v) is 3.59. The van der Waals surface area contributed by atoms with E-state index in [0.717, 1.165) is 18.6 Å². The summed E-state index contributed by atoms with van der Waals surface area (Å²) >= 11 is 2.95. The van der Waals surface area contributed by atoms with Crippen molar-refractivity contribution in [3.63, 3.8) is 0 Å². The fourth-order valence-electron chi connectivity index (χ4n) is 2.20. The number of nitro groups is 1. The van der Waals surface area contributed by atoms with Crippen LogP contribution in [0.2, 0.25) is 0 Å². The Kier molecular flexibility index (Phi) is 5.47. The van der Waals surface area contributed by atoms with Gasteiger partial charge in [-0.05, 0) is 35.2 Å². The van der Waals surface area contributed by atoms with Gasteiger partial charge in [0.25, 0.3) is 5.69 Å². The van der Waals surface area contributed by atoms with E-state index in [2.05, 4.69) is 21.2 Å². The van der Waals surface area contributed by atoms with Crippen LogP contribution in [0.5, 0.6) is 0 Å². The number of nitrogens with zero attached hydrogens (tertiary/aromatic N) is 1. The van der Waals surface area contributed by atoms with Gasteiger partial charge < -0.3 is 11.1 Å². The van der Waals surface area contributed by atoms with E-state index in [-0.39, 0.29) is 15.8 Å². The standard InChI is InChI=1S/C13H19BrFN3O2/c1-8(2)6-13(3,7-16)17-11-5-10(15)9(14)4-12(11)18(19)20/h4-5,8,17H,6-7,16H2,1-3H3. The first-order valence-corrected chi connectivity index (χ1v) is 7.09. The van der Waals surface area contributed by atoms with Crippen LogP contribution >= 0.6 is 15.9 Å². The largest absolute Gasteiger partial charge is 0.373 e. The third kappa shape index (κ3) is 4.14. The lowest BCUT2D eigenvalue weighted by molar-refractivity contribution is -0.384. The second-order valence-corrected chi connectivity index (χ2v) is 6.38. The molecule has 1 aromatic carbocycles. The van der Waals surface area contributed by atoms with E-state index in [4.69, 9.17) is 5.73 Å². The van der Waals surface area contributed by atoms with Crippen LogP contribution in [0.25, 0.3) is 0 Å². The van der Waals surface area contributed by atoms with E-state index in [1.807, 2.05) is 20.8 Å². The number of nitrogens with two attached hydrogens (primary N) is 1. The van der Waals surface area contributed by atoms with Crippen molar-refractivity contribution in [2.45, 2.75) is 32.7 Å². The third-order valence-electron chi connectivity index (χ3n) is 2.98. The number of anilines is 1. The summed E-state index contributed by atoms with van der Waals surface area (Å²) in [7, 11) is 0. The van der Waals surface area contributed by atoms with Crippen LogP contribution in [0, 0.1) is 21.8 Å². The van der Waals surface area contributed by atoms with Crippen LogP contribution in [-0.2, 0) is 0 Å². The zero-order valence-electron chi connectivity index (χ0n) is 11.7. The average molecular weight is 348 g/mol. The molecule has 5 nitrogen and oxygen atoms in total. The van der Waals surface area contributed by atoms with Gasteiger partial charge in [0.05, 0.1) is 9.40 Å². The van der Waals surface area contributed by atoms with Gasteiger partial charge in [0.2, 0.25) is 0 Å². The highest BCUT2D eigenvalue weighted by Crippen LogP contribution is 2.33. The summed E-state index contributed by atoms with van der Waals surface area (Å²) in [5.74, 6) is -0.197. The number of nitro benzene ring substituents is 1. The van der Waals surface area contributed by atoms with Crippen molar-refractivity contribution in [1.82, 2.24) is 0 Å². The van der Waals surface area contributed by atoms with Crippen LogP contribution in [-0.4, -0.2) is 17.0 Å². The second-order valence-electron chi connectivity index (χ2n) is 5.53. The fourth-order valence-corrected chi connectivity index (χ4v) is 2.53. The van der Waals surface area contributed by atoms with E-state index in [1.165, 1.54) is 0 Å². The zero-order valence-corrected chi connectivity index (χ0v) is 13.3. The predicted molar refractivity (Wildman–Crippen MR) is 81.3 cm³/mol. The molecular formula is C13H19BrFN3O2. The number of hydrogen-bond acceptors (Lipinski definition) is 4. The molecule has 0 bridgehead atoms. The van der Waals surface area contributed by atoms with E-state index < -0.39 is 16.3 Å². The van der Waals surface area contributed by atoms with Gasteiger partial charge >= 0.3 is 0 Å². The smallest absolute Gasteiger partial charge is 0.293 e.